The van der Waals surface area contributed by atoms with Crippen LogP contribution < -0.4 is 10.9 Å². The third-order valence-electron chi connectivity index (χ3n) is 5.28. The predicted octanol–water partition coefficient (Wildman–Crippen LogP) is 3.72. The van der Waals surface area contributed by atoms with Crippen LogP contribution in [0.15, 0.2) is 59.5 Å². The first-order chi connectivity index (χ1) is 17.1. The first-order valence-corrected chi connectivity index (χ1v) is 10.8. The molecule has 186 valence electrons. The van der Waals surface area contributed by atoms with Crippen molar-refractivity contribution in [3.63, 3.8) is 0 Å². The summed E-state index contributed by atoms with van der Waals surface area (Å²) < 4.78 is 47.6. The third kappa shape index (κ3) is 4.83. The lowest BCUT2D eigenvalue weighted by Gasteiger charge is -2.13. The summed E-state index contributed by atoms with van der Waals surface area (Å²) in [7, 11) is 0. The Labute approximate surface area is 202 Å². The van der Waals surface area contributed by atoms with Crippen molar-refractivity contribution < 1.29 is 27.5 Å². The summed E-state index contributed by atoms with van der Waals surface area (Å²) in [5, 5.41) is 6.69. The van der Waals surface area contributed by atoms with Gasteiger partial charge in [0.1, 0.15) is 17.9 Å². The summed E-state index contributed by atoms with van der Waals surface area (Å²) in [4.78, 5) is 41.6. The molecular weight excluding hydrogens is 479 g/mol. The fourth-order valence-corrected chi connectivity index (χ4v) is 3.67. The number of amides is 1. The number of rotatable bonds is 6. The van der Waals surface area contributed by atoms with Crippen LogP contribution in [-0.4, -0.2) is 37.8 Å². The van der Waals surface area contributed by atoms with Crippen molar-refractivity contribution in [1.29, 1.82) is 0 Å². The number of hydrogen-bond acceptors (Lipinski definition) is 6. The highest BCUT2D eigenvalue weighted by atomic mass is 19.4. The number of nitrogens with zero attached hydrogens (tertiary/aromatic N) is 4. The highest BCUT2D eigenvalue weighted by Crippen LogP contribution is 2.34. The van der Waals surface area contributed by atoms with Gasteiger partial charge in [-0.25, -0.2) is 14.5 Å². The van der Waals surface area contributed by atoms with Crippen LogP contribution in [-0.2, 0) is 22.3 Å². The number of aromatic nitrogens is 4. The van der Waals surface area contributed by atoms with E-state index in [1.807, 2.05) is 0 Å². The van der Waals surface area contributed by atoms with Crippen LogP contribution in [0, 0.1) is 6.92 Å². The van der Waals surface area contributed by atoms with Crippen molar-refractivity contribution in [3.8, 4) is 5.69 Å². The zero-order valence-electron chi connectivity index (χ0n) is 19.2. The maximum absolute atomic E-state index is 13.7. The van der Waals surface area contributed by atoms with Gasteiger partial charge < -0.3 is 10.1 Å². The first-order valence-electron chi connectivity index (χ1n) is 10.8. The molecule has 0 aliphatic rings. The number of benzene rings is 2. The first kappa shape index (κ1) is 24.6. The number of hydrogen-bond donors (Lipinski definition) is 1. The van der Waals surface area contributed by atoms with Gasteiger partial charge in [-0.2, -0.15) is 18.3 Å². The summed E-state index contributed by atoms with van der Waals surface area (Å²) in [6.45, 7) is 2.71. The van der Waals surface area contributed by atoms with Gasteiger partial charge in [0.05, 0.1) is 29.4 Å². The van der Waals surface area contributed by atoms with Gasteiger partial charge in [-0.15, -0.1) is 0 Å². The van der Waals surface area contributed by atoms with Gasteiger partial charge in [0, 0.05) is 5.69 Å². The number of nitrogens with one attached hydrogen (secondary N) is 1. The molecule has 2 aromatic carbocycles. The molecule has 0 saturated heterocycles. The molecule has 0 saturated carbocycles. The lowest BCUT2D eigenvalue weighted by Crippen LogP contribution is -2.30. The van der Waals surface area contributed by atoms with Crippen molar-refractivity contribution in [3.05, 3.63) is 82.2 Å². The van der Waals surface area contributed by atoms with Crippen molar-refractivity contribution in [2.24, 2.45) is 0 Å². The van der Waals surface area contributed by atoms with Crippen LogP contribution >= 0.6 is 0 Å². The average Bonchev–Trinajstić information content (AvgIpc) is 3.29. The van der Waals surface area contributed by atoms with E-state index in [0.29, 0.717) is 21.4 Å². The van der Waals surface area contributed by atoms with E-state index in [2.05, 4.69) is 15.4 Å². The van der Waals surface area contributed by atoms with Crippen LogP contribution in [0.3, 0.4) is 0 Å². The third-order valence-corrected chi connectivity index (χ3v) is 5.28. The van der Waals surface area contributed by atoms with Crippen LogP contribution in [0.1, 0.15) is 28.8 Å². The van der Waals surface area contributed by atoms with Gasteiger partial charge >= 0.3 is 12.1 Å². The molecule has 12 heteroatoms. The molecule has 4 aromatic rings. The number of carbonyl (C=O) groups is 2. The van der Waals surface area contributed by atoms with Gasteiger partial charge in [-0.3, -0.25) is 14.2 Å². The molecular formula is C24H20F3N5O4. The maximum atomic E-state index is 13.7. The maximum Gasteiger partial charge on any atom is 0.434 e. The van der Waals surface area contributed by atoms with Gasteiger partial charge in [-0.1, -0.05) is 12.1 Å². The van der Waals surface area contributed by atoms with Gasteiger partial charge in [0.15, 0.2) is 5.69 Å². The Balaban J connectivity index is 1.55. The Kier molecular flexibility index (Phi) is 6.60. The van der Waals surface area contributed by atoms with E-state index >= 15 is 0 Å². The van der Waals surface area contributed by atoms with Crippen LogP contribution in [0.4, 0.5) is 18.9 Å². The topological polar surface area (TPSA) is 108 Å². The number of alkyl halides is 3. The molecule has 4 rings (SSSR count). The van der Waals surface area contributed by atoms with Crippen molar-refractivity contribution in [1.82, 2.24) is 19.3 Å². The zero-order chi connectivity index (χ0) is 26.0. The Morgan fingerprint density at radius 1 is 1.08 bits per heavy atom. The number of anilines is 1. The van der Waals surface area contributed by atoms with Gasteiger partial charge in [-0.05, 0) is 50.2 Å². The van der Waals surface area contributed by atoms with Crippen LogP contribution in [0.2, 0.25) is 0 Å². The second kappa shape index (κ2) is 9.64. The van der Waals surface area contributed by atoms with Crippen molar-refractivity contribution >= 4 is 28.5 Å². The van der Waals surface area contributed by atoms with Crippen molar-refractivity contribution in [2.45, 2.75) is 26.6 Å². The van der Waals surface area contributed by atoms with E-state index in [-0.39, 0.29) is 30.1 Å². The number of aryl methyl sites for hydroxylation is 1. The van der Waals surface area contributed by atoms with Crippen LogP contribution in [0.25, 0.3) is 16.6 Å². The minimum atomic E-state index is -4.87. The molecule has 0 aliphatic heterocycles. The molecule has 1 N–H and O–H groups in total. The van der Waals surface area contributed by atoms with Gasteiger partial charge in [0.2, 0.25) is 5.91 Å². The number of fused-ring (bicyclic) bond motifs is 1. The number of halogens is 3. The summed E-state index contributed by atoms with van der Waals surface area (Å²) in [6, 6.07) is 12.2. The van der Waals surface area contributed by atoms with Crippen LogP contribution in [0.5, 0.6) is 0 Å². The lowest BCUT2D eigenvalue weighted by molar-refractivity contribution is -0.143. The molecule has 0 fully saturated rings. The zero-order valence-corrected chi connectivity index (χ0v) is 19.2. The molecule has 0 bridgehead atoms. The standard InChI is InChI=1S/C24H20F3N5O4/c1-3-36-23(35)18-12-28-32(21(18)24(25,26)27)16-10-8-15(9-11-16)30-20(33)13-31-14(2)29-19-7-5-4-6-17(19)22(31)34/h4-12H,3,13H2,1-2H3,(H,30,33). The van der Waals surface area contributed by atoms with Crippen molar-refractivity contribution in [2.75, 3.05) is 11.9 Å². The van der Waals surface area contributed by atoms with E-state index in [1.165, 1.54) is 35.8 Å². The molecule has 0 aliphatic carbocycles. The minimum Gasteiger partial charge on any atom is -0.462 e. The number of para-hydroxylation sites is 1. The summed E-state index contributed by atoms with van der Waals surface area (Å²) in [5.41, 5.74) is -1.51. The molecule has 9 nitrogen and oxygen atoms in total. The molecule has 0 spiro atoms. The Morgan fingerprint density at radius 3 is 2.44 bits per heavy atom. The summed E-state index contributed by atoms with van der Waals surface area (Å²) in [6.07, 6.45) is -4.07. The van der Waals surface area contributed by atoms with E-state index < -0.39 is 29.3 Å². The van der Waals surface area contributed by atoms with E-state index in [4.69, 9.17) is 4.74 Å². The normalized spacial score (nSPS) is 11.5. The summed E-state index contributed by atoms with van der Waals surface area (Å²) in [5.74, 6) is -1.29. The van der Waals surface area contributed by atoms with E-state index in [0.717, 1.165) is 6.20 Å². The largest absolute Gasteiger partial charge is 0.462 e. The fraction of sp³-hybridized carbons (Fsp3) is 0.208. The Morgan fingerprint density at radius 2 is 1.78 bits per heavy atom. The minimum absolute atomic E-state index is 0.0154. The number of ether oxygens (including phenoxy) is 1. The summed E-state index contributed by atoms with van der Waals surface area (Å²) >= 11 is 0. The quantitative estimate of drug-likeness (QED) is 0.405. The fourth-order valence-electron chi connectivity index (χ4n) is 3.67. The van der Waals surface area contributed by atoms with Gasteiger partial charge in [0.25, 0.3) is 5.56 Å². The second-order valence-electron chi connectivity index (χ2n) is 7.70. The molecule has 0 unspecified atom stereocenters. The highest BCUT2D eigenvalue weighted by molar-refractivity contribution is 5.91. The predicted molar refractivity (Wildman–Crippen MR) is 124 cm³/mol. The van der Waals surface area contributed by atoms with E-state index in [1.54, 1.807) is 31.2 Å². The lowest BCUT2D eigenvalue weighted by atomic mass is 10.2. The number of esters is 1. The number of carbonyl (C=O) groups excluding carboxylic acids is 2. The highest BCUT2D eigenvalue weighted by Gasteiger charge is 2.41. The Hall–Kier alpha value is -4.48. The molecule has 0 atom stereocenters. The van der Waals surface area contributed by atoms with E-state index in [9.17, 15) is 27.6 Å². The molecule has 1 amide bonds. The Bertz CT molecular complexity index is 1510. The molecule has 2 aromatic heterocycles. The monoisotopic (exact) mass is 499 g/mol. The smallest absolute Gasteiger partial charge is 0.434 e. The molecule has 2 heterocycles. The molecule has 0 radical (unpaired) electrons. The molecule has 36 heavy (non-hydrogen) atoms. The second-order valence-corrected chi connectivity index (χ2v) is 7.70. The average molecular weight is 499 g/mol. The SMILES string of the molecule is CCOC(=O)c1cnn(-c2ccc(NC(=O)Cn3c(C)nc4ccccc4c3=O)cc2)c1C(F)(F)F.